The molecule has 0 bridgehead atoms. The third-order valence-corrected chi connectivity index (χ3v) is 3.80. The lowest BCUT2D eigenvalue weighted by Crippen LogP contribution is -2.44. The number of carbonyl (C=O) groups excluding carboxylic acids is 1. The summed E-state index contributed by atoms with van der Waals surface area (Å²) < 4.78 is 0. The standard InChI is InChI=1S/C15H22ClNO/c1-5-11(3)17(12(4)6-2)15(18)13-9-7-8-10-14(13)16/h7-12H,5-6H2,1-4H3/t11-,12-/m0/s1. The summed E-state index contributed by atoms with van der Waals surface area (Å²) in [5.74, 6) is 0.0318. The smallest absolute Gasteiger partial charge is 0.255 e. The largest absolute Gasteiger partial charge is 0.333 e. The maximum absolute atomic E-state index is 12.6. The van der Waals surface area contributed by atoms with Crippen molar-refractivity contribution in [1.82, 2.24) is 4.90 Å². The second kappa shape index (κ2) is 6.79. The second-order valence-electron chi connectivity index (χ2n) is 4.71. The molecular formula is C15H22ClNO. The zero-order valence-electron chi connectivity index (χ0n) is 11.6. The Bertz CT molecular complexity index is 395. The first kappa shape index (κ1) is 15.0. The van der Waals surface area contributed by atoms with Gasteiger partial charge in [-0.05, 0) is 38.8 Å². The molecule has 1 rings (SSSR count). The fourth-order valence-electron chi connectivity index (χ4n) is 2.00. The van der Waals surface area contributed by atoms with Crippen LogP contribution in [0, 0.1) is 0 Å². The summed E-state index contributed by atoms with van der Waals surface area (Å²) in [6, 6.07) is 7.70. The van der Waals surface area contributed by atoms with E-state index in [0.29, 0.717) is 10.6 Å². The van der Waals surface area contributed by atoms with Crippen molar-refractivity contribution in [2.24, 2.45) is 0 Å². The summed E-state index contributed by atoms with van der Waals surface area (Å²) in [5, 5.41) is 0.527. The molecule has 1 amide bonds. The molecule has 0 aliphatic heterocycles. The molecule has 3 heteroatoms. The molecule has 1 aromatic carbocycles. The molecule has 0 saturated carbocycles. The van der Waals surface area contributed by atoms with Crippen LogP contribution in [0.15, 0.2) is 24.3 Å². The monoisotopic (exact) mass is 267 g/mol. The predicted molar refractivity (Wildman–Crippen MR) is 77.1 cm³/mol. The maximum Gasteiger partial charge on any atom is 0.255 e. The number of hydrogen-bond donors (Lipinski definition) is 0. The zero-order chi connectivity index (χ0) is 13.7. The fourth-order valence-corrected chi connectivity index (χ4v) is 2.22. The van der Waals surface area contributed by atoms with E-state index < -0.39 is 0 Å². The van der Waals surface area contributed by atoms with E-state index in [0.717, 1.165) is 12.8 Å². The normalized spacial score (nSPS) is 14.1. The first-order valence-electron chi connectivity index (χ1n) is 6.60. The molecule has 0 spiro atoms. The third-order valence-electron chi connectivity index (χ3n) is 3.47. The quantitative estimate of drug-likeness (QED) is 0.775. The minimum atomic E-state index is 0.0318. The molecule has 0 fully saturated rings. The number of carbonyl (C=O) groups is 1. The van der Waals surface area contributed by atoms with E-state index in [9.17, 15) is 4.79 Å². The molecule has 0 unspecified atom stereocenters. The van der Waals surface area contributed by atoms with Crippen LogP contribution in [0.25, 0.3) is 0 Å². The lowest BCUT2D eigenvalue weighted by Gasteiger charge is -2.34. The topological polar surface area (TPSA) is 20.3 Å². The number of halogens is 1. The lowest BCUT2D eigenvalue weighted by molar-refractivity contribution is 0.0598. The van der Waals surface area contributed by atoms with E-state index >= 15 is 0 Å². The van der Waals surface area contributed by atoms with Crippen LogP contribution in [0.4, 0.5) is 0 Å². The van der Waals surface area contributed by atoms with Crippen LogP contribution < -0.4 is 0 Å². The SMILES string of the molecule is CC[C@H](C)N(C(=O)c1ccccc1Cl)[C@@H](C)CC. The van der Waals surface area contributed by atoms with Crippen LogP contribution in [-0.4, -0.2) is 22.9 Å². The van der Waals surface area contributed by atoms with Gasteiger partial charge in [0.25, 0.3) is 5.91 Å². The Kier molecular flexibility index (Phi) is 5.67. The molecule has 100 valence electrons. The van der Waals surface area contributed by atoms with Gasteiger partial charge < -0.3 is 4.90 Å². The van der Waals surface area contributed by atoms with E-state index in [1.165, 1.54) is 0 Å². The van der Waals surface area contributed by atoms with Crippen molar-refractivity contribution in [1.29, 1.82) is 0 Å². The van der Waals surface area contributed by atoms with Gasteiger partial charge in [-0.3, -0.25) is 4.79 Å². The Labute approximate surface area is 115 Å². The van der Waals surface area contributed by atoms with Gasteiger partial charge in [0.05, 0.1) is 10.6 Å². The minimum absolute atomic E-state index is 0.0318. The van der Waals surface area contributed by atoms with Crippen LogP contribution in [0.1, 0.15) is 50.9 Å². The number of amides is 1. The molecule has 18 heavy (non-hydrogen) atoms. The third kappa shape index (κ3) is 3.26. The van der Waals surface area contributed by atoms with E-state index in [2.05, 4.69) is 27.7 Å². The van der Waals surface area contributed by atoms with Crippen molar-refractivity contribution in [2.45, 2.75) is 52.6 Å². The van der Waals surface area contributed by atoms with E-state index in [4.69, 9.17) is 11.6 Å². The Morgan fingerprint density at radius 2 is 1.67 bits per heavy atom. The minimum Gasteiger partial charge on any atom is -0.333 e. The van der Waals surface area contributed by atoms with E-state index in [-0.39, 0.29) is 18.0 Å². The molecule has 2 nitrogen and oxygen atoms in total. The summed E-state index contributed by atoms with van der Waals surface area (Å²) in [7, 11) is 0. The molecule has 1 aromatic rings. The molecule has 0 N–H and O–H groups in total. The zero-order valence-corrected chi connectivity index (χ0v) is 12.4. The Morgan fingerprint density at radius 1 is 1.17 bits per heavy atom. The van der Waals surface area contributed by atoms with E-state index in [1.54, 1.807) is 12.1 Å². The maximum atomic E-state index is 12.6. The molecule has 0 radical (unpaired) electrons. The highest BCUT2D eigenvalue weighted by Gasteiger charge is 2.25. The van der Waals surface area contributed by atoms with Gasteiger partial charge in [0.1, 0.15) is 0 Å². The highest BCUT2D eigenvalue weighted by Crippen LogP contribution is 2.21. The molecule has 0 aliphatic carbocycles. The van der Waals surface area contributed by atoms with Crippen LogP contribution in [0.5, 0.6) is 0 Å². The number of rotatable bonds is 5. The van der Waals surface area contributed by atoms with Crippen molar-refractivity contribution >= 4 is 17.5 Å². The average Bonchev–Trinajstić information content (AvgIpc) is 2.38. The van der Waals surface area contributed by atoms with Gasteiger partial charge in [-0.25, -0.2) is 0 Å². The molecular weight excluding hydrogens is 246 g/mol. The Hall–Kier alpha value is -1.02. The van der Waals surface area contributed by atoms with Crippen LogP contribution in [0.2, 0.25) is 5.02 Å². The van der Waals surface area contributed by atoms with Crippen molar-refractivity contribution in [3.8, 4) is 0 Å². The van der Waals surface area contributed by atoms with Gasteiger partial charge in [0.15, 0.2) is 0 Å². The molecule has 2 atom stereocenters. The van der Waals surface area contributed by atoms with Crippen molar-refractivity contribution in [2.75, 3.05) is 0 Å². The number of nitrogens with zero attached hydrogens (tertiary/aromatic N) is 1. The predicted octanol–water partition coefficient (Wildman–Crippen LogP) is 4.38. The van der Waals surface area contributed by atoms with Crippen molar-refractivity contribution in [3.05, 3.63) is 34.9 Å². The van der Waals surface area contributed by atoms with Crippen molar-refractivity contribution in [3.63, 3.8) is 0 Å². The van der Waals surface area contributed by atoms with Gasteiger partial charge in [0, 0.05) is 12.1 Å². The van der Waals surface area contributed by atoms with Gasteiger partial charge >= 0.3 is 0 Å². The summed E-state index contributed by atoms with van der Waals surface area (Å²) in [4.78, 5) is 14.6. The lowest BCUT2D eigenvalue weighted by atomic mass is 10.1. The molecule has 0 aromatic heterocycles. The van der Waals surface area contributed by atoms with Gasteiger partial charge in [-0.2, -0.15) is 0 Å². The highest BCUT2D eigenvalue weighted by molar-refractivity contribution is 6.33. The van der Waals surface area contributed by atoms with E-state index in [1.807, 2.05) is 17.0 Å². The Morgan fingerprint density at radius 3 is 2.11 bits per heavy atom. The van der Waals surface area contributed by atoms with Crippen LogP contribution in [-0.2, 0) is 0 Å². The van der Waals surface area contributed by atoms with Crippen LogP contribution in [0.3, 0.4) is 0 Å². The summed E-state index contributed by atoms with van der Waals surface area (Å²) >= 11 is 6.11. The average molecular weight is 268 g/mol. The first-order valence-corrected chi connectivity index (χ1v) is 6.97. The van der Waals surface area contributed by atoms with Crippen molar-refractivity contribution < 1.29 is 4.79 Å². The molecule has 0 heterocycles. The molecule has 0 saturated heterocycles. The van der Waals surface area contributed by atoms with Gasteiger partial charge in [-0.1, -0.05) is 37.6 Å². The Balaban J connectivity index is 3.07. The number of hydrogen-bond acceptors (Lipinski definition) is 1. The molecule has 0 aliphatic rings. The van der Waals surface area contributed by atoms with Gasteiger partial charge in [0.2, 0.25) is 0 Å². The highest BCUT2D eigenvalue weighted by atomic mass is 35.5. The second-order valence-corrected chi connectivity index (χ2v) is 5.11. The first-order chi connectivity index (χ1) is 8.52. The van der Waals surface area contributed by atoms with Crippen LogP contribution >= 0.6 is 11.6 Å². The van der Waals surface area contributed by atoms with Gasteiger partial charge in [-0.15, -0.1) is 0 Å². The fraction of sp³-hybridized carbons (Fsp3) is 0.533. The summed E-state index contributed by atoms with van der Waals surface area (Å²) in [6.45, 7) is 8.36. The number of benzene rings is 1. The summed E-state index contributed by atoms with van der Waals surface area (Å²) in [6.07, 6.45) is 1.89. The summed E-state index contributed by atoms with van der Waals surface area (Å²) in [5.41, 5.74) is 0.597.